The number of nitrogens with zero attached hydrogens (tertiary/aromatic N) is 6. The summed E-state index contributed by atoms with van der Waals surface area (Å²) < 4.78 is 3.67. The van der Waals surface area contributed by atoms with Crippen molar-refractivity contribution in [1.29, 1.82) is 0 Å². The number of nitrogens with one attached hydrogen (secondary N) is 1. The van der Waals surface area contributed by atoms with E-state index in [4.69, 9.17) is 0 Å². The fraction of sp³-hybridized carbons (Fsp3) is 0.389. The first kappa shape index (κ1) is 16.7. The van der Waals surface area contributed by atoms with Crippen molar-refractivity contribution >= 4 is 5.82 Å². The van der Waals surface area contributed by atoms with Gasteiger partial charge in [-0.3, -0.25) is 14.3 Å². The second-order valence-electron chi connectivity index (χ2n) is 6.54. The third-order valence-electron chi connectivity index (χ3n) is 4.84. The minimum atomic E-state index is -0.761. The average molecular weight is 353 g/mol. The molecule has 0 fully saturated rings. The van der Waals surface area contributed by atoms with Crippen LogP contribution in [0.5, 0.6) is 0 Å². The molecule has 8 heteroatoms. The quantitative estimate of drug-likeness (QED) is 0.716. The first-order valence-electron chi connectivity index (χ1n) is 8.72. The highest BCUT2D eigenvalue weighted by atomic mass is 16.3. The van der Waals surface area contributed by atoms with Gasteiger partial charge in [-0.2, -0.15) is 10.2 Å². The van der Waals surface area contributed by atoms with Crippen molar-refractivity contribution in [3.8, 4) is 0 Å². The molecule has 0 radical (unpaired) electrons. The lowest BCUT2D eigenvalue weighted by Gasteiger charge is -2.27. The number of hydrogen-bond acceptors (Lipinski definition) is 6. The molecule has 1 atom stereocenters. The van der Waals surface area contributed by atoms with Crippen LogP contribution in [0.1, 0.15) is 28.7 Å². The third-order valence-corrected chi connectivity index (χ3v) is 4.84. The Balaban J connectivity index is 1.51. The van der Waals surface area contributed by atoms with Crippen LogP contribution in [0.15, 0.2) is 36.7 Å². The summed E-state index contributed by atoms with van der Waals surface area (Å²) >= 11 is 0. The number of hydrogen-bond donors (Lipinski definition) is 2. The van der Waals surface area contributed by atoms with Crippen LogP contribution in [-0.4, -0.2) is 48.1 Å². The summed E-state index contributed by atoms with van der Waals surface area (Å²) in [5.41, 5.74) is 3.70. The highest BCUT2D eigenvalue weighted by Crippen LogP contribution is 2.24. The zero-order valence-electron chi connectivity index (χ0n) is 15.0. The van der Waals surface area contributed by atoms with Crippen LogP contribution >= 0.6 is 0 Å². The molecule has 0 aliphatic carbocycles. The third kappa shape index (κ3) is 3.09. The molecule has 0 unspecified atom stereocenters. The average Bonchev–Trinajstić information content (AvgIpc) is 3.27. The molecule has 3 aromatic rings. The maximum Gasteiger partial charge on any atom is 0.139 e. The number of fused-ring (bicyclic) bond motifs is 1. The number of rotatable bonds is 5. The second-order valence-corrected chi connectivity index (χ2v) is 6.54. The van der Waals surface area contributed by atoms with Crippen molar-refractivity contribution in [2.24, 2.45) is 7.05 Å². The van der Waals surface area contributed by atoms with Crippen LogP contribution in [0.3, 0.4) is 0 Å². The van der Waals surface area contributed by atoms with E-state index < -0.39 is 6.10 Å². The van der Waals surface area contributed by atoms with Crippen LogP contribution in [0, 0.1) is 0 Å². The van der Waals surface area contributed by atoms with Gasteiger partial charge in [0.15, 0.2) is 0 Å². The van der Waals surface area contributed by atoms with Gasteiger partial charge < -0.3 is 10.4 Å². The molecule has 0 saturated carbocycles. The number of pyridine rings is 1. The van der Waals surface area contributed by atoms with Gasteiger partial charge >= 0.3 is 0 Å². The summed E-state index contributed by atoms with van der Waals surface area (Å²) in [4.78, 5) is 6.74. The van der Waals surface area contributed by atoms with E-state index in [0.29, 0.717) is 5.69 Å². The highest BCUT2D eigenvalue weighted by Gasteiger charge is 2.23. The SMILES string of the molecule is CNc1ncccc1CN1CCn2nc([C@H](O)c3ccnn3C)cc2C1. The topological polar surface area (TPSA) is 84.0 Å². The Morgan fingerprint density at radius 1 is 1.27 bits per heavy atom. The van der Waals surface area contributed by atoms with E-state index in [1.165, 1.54) is 5.56 Å². The smallest absolute Gasteiger partial charge is 0.139 e. The Hall–Kier alpha value is -2.71. The molecule has 4 heterocycles. The maximum absolute atomic E-state index is 10.6. The number of anilines is 1. The van der Waals surface area contributed by atoms with Crippen molar-refractivity contribution in [1.82, 2.24) is 29.4 Å². The van der Waals surface area contributed by atoms with Gasteiger partial charge in [0.25, 0.3) is 0 Å². The van der Waals surface area contributed by atoms with Gasteiger partial charge in [-0.15, -0.1) is 0 Å². The van der Waals surface area contributed by atoms with Crippen molar-refractivity contribution < 1.29 is 5.11 Å². The normalized spacial score (nSPS) is 15.7. The number of aryl methyl sites for hydroxylation is 1. The van der Waals surface area contributed by atoms with E-state index in [2.05, 4.69) is 31.5 Å². The largest absolute Gasteiger partial charge is 0.380 e. The van der Waals surface area contributed by atoms with Crippen molar-refractivity contribution in [2.75, 3.05) is 18.9 Å². The van der Waals surface area contributed by atoms with E-state index in [0.717, 1.165) is 43.4 Å². The van der Waals surface area contributed by atoms with Crippen LogP contribution < -0.4 is 5.32 Å². The Morgan fingerprint density at radius 3 is 2.92 bits per heavy atom. The molecule has 3 aromatic heterocycles. The fourth-order valence-corrected chi connectivity index (χ4v) is 3.45. The molecule has 0 spiro atoms. The molecule has 0 amide bonds. The number of aliphatic hydroxyl groups excluding tert-OH is 1. The molecule has 136 valence electrons. The van der Waals surface area contributed by atoms with Crippen molar-refractivity contribution in [3.05, 3.63) is 59.3 Å². The van der Waals surface area contributed by atoms with E-state index in [-0.39, 0.29) is 0 Å². The Morgan fingerprint density at radius 2 is 2.15 bits per heavy atom. The van der Waals surface area contributed by atoms with Gasteiger partial charge in [0.1, 0.15) is 11.9 Å². The second kappa shape index (κ2) is 6.89. The molecular weight excluding hydrogens is 330 g/mol. The van der Waals surface area contributed by atoms with Gasteiger partial charge in [-0.1, -0.05) is 6.07 Å². The van der Waals surface area contributed by atoms with Crippen LogP contribution in [0.2, 0.25) is 0 Å². The molecule has 1 aliphatic rings. The summed E-state index contributed by atoms with van der Waals surface area (Å²) in [6.45, 7) is 3.34. The molecular formula is C18H23N7O. The Labute approximate surface area is 152 Å². The molecule has 8 nitrogen and oxygen atoms in total. The van der Waals surface area contributed by atoms with Gasteiger partial charge in [-0.25, -0.2) is 4.98 Å². The van der Waals surface area contributed by atoms with E-state index in [1.54, 1.807) is 17.1 Å². The lowest BCUT2D eigenvalue weighted by Crippen LogP contribution is -2.33. The van der Waals surface area contributed by atoms with Crippen LogP contribution in [0.25, 0.3) is 0 Å². The molecule has 4 rings (SSSR count). The summed E-state index contributed by atoms with van der Waals surface area (Å²) in [5, 5.41) is 22.5. The van der Waals surface area contributed by atoms with Gasteiger partial charge in [0.2, 0.25) is 0 Å². The standard InChI is InChI=1S/C18H23N7O/c1-19-18-13(4-3-6-20-18)11-24-8-9-25-14(12-24)10-15(22-25)17(26)16-5-7-21-23(16)2/h3-7,10,17,26H,8-9,11-12H2,1-2H3,(H,19,20)/t17-/m0/s1. The molecule has 2 N–H and O–H groups in total. The number of aliphatic hydroxyl groups is 1. The minimum Gasteiger partial charge on any atom is -0.380 e. The minimum absolute atomic E-state index is 0.669. The predicted octanol–water partition coefficient (Wildman–Crippen LogP) is 1.15. The summed E-state index contributed by atoms with van der Waals surface area (Å²) in [6.07, 6.45) is 2.72. The first-order chi connectivity index (χ1) is 12.7. The van der Waals surface area contributed by atoms with Crippen LogP contribution in [0.4, 0.5) is 5.82 Å². The lowest BCUT2D eigenvalue weighted by molar-refractivity contribution is 0.196. The summed E-state index contributed by atoms with van der Waals surface area (Å²) in [6, 6.07) is 7.87. The van der Waals surface area contributed by atoms with Gasteiger partial charge in [-0.05, 0) is 18.2 Å². The van der Waals surface area contributed by atoms with Gasteiger partial charge in [0, 0.05) is 51.7 Å². The van der Waals surface area contributed by atoms with E-state index >= 15 is 0 Å². The van der Waals surface area contributed by atoms with Crippen LogP contribution in [-0.2, 0) is 26.7 Å². The maximum atomic E-state index is 10.6. The zero-order chi connectivity index (χ0) is 18.1. The molecule has 0 aromatic carbocycles. The van der Waals surface area contributed by atoms with E-state index in [1.807, 2.05) is 37.0 Å². The van der Waals surface area contributed by atoms with E-state index in [9.17, 15) is 5.11 Å². The predicted molar refractivity (Wildman–Crippen MR) is 97.4 cm³/mol. The lowest BCUT2D eigenvalue weighted by atomic mass is 10.1. The molecule has 0 saturated heterocycles. The summed E-state index contributed by atoms with van der Waals surface area (Å²) in [7, 11) is 3.72. The Bertz CT molecular complexity index is 901. The Kier molecular flexibility index (Phi) is 4.44. The zero-order valence-corrected chi connectivity index (χ0v) is 15.0. The first-order valence-corrected chi connectivity index (χ1v) is 8.72. The monoisotopic (exact) mass is 353 g/mol. The summed E-state index contributed by atoms with van der Waals surface area (Å²) in [5.74, 6) is 0.916. The number of aromatic nitrogens is 5. The van der Waals surface area contributed by atoms with Crippen molar-refractivity contribution in [2.45, 2.75) is 25.7 Å². The molecule has 0 bridgehead atoms. The van der Waals surface area contributed by atoms with Crippen molar-refractivity contribution in [3.63, 3.8) is 0 Å². The molecule has 26 heavy (non-hydrogen) atoms. The fourth-order valence-electron chi connectivity index (χ4n) is 3.45. The highest BCUT2D eigenvalue weighted by molar-refractivity contribution is 5.42. The molecule has 1 aliphatic heterocycles. The van der Waals surface area contributed by atoms with Gasteiger partial charge in [0.05, 0.1) is 23.6 Å².